The van der Waals surface area contributed by atoms with Gasteiger partial charge in [0.15, 0.2) is 0 Å². The van der Waals surface area contributed by atoms with Crippen molar-refractivity contribution < 1.29 is 9.53 Å². The average molecular weight is 544 g/mol. The van der Waals surface area contributed by atoms with Gasteiger partial charge in [-0.3, -0.25) is 9.78 Å². The van der Waals surface area contributed by atoms with Crippen LogP contribution in [-0.4, -0.2) is 37.2 Å². The van der Waals surface area contributed by atoms with Crippen molar-refractivity contribution in [3.63, 3.8) is 0 Å². The van der Waals surface area contributed by atoms with E-state index < -0.39 is 0 Å². The van der Waals surface area contributed by atoms with E-state index in [0.717, 1.165) is 71.3 Å². The predicted octanol–water partition coefficient (Wildman–Crippen LogP) is 7.43. The number of nitrogens with zero attached hydrogens (tertiary/aromatic N) is 2. The Kier molecular flexibility index (Phi) is 7.52. The standard InChI is InChI=1S/C34H33N5O2/c1-23-4-3-5-29(20-23)36-26-10-12-28(13-11-26)38-34(40)25-6-8-27(9-7-25)37-33-21-24(2)35-32-15-14-30(22-31(32)33)39-16-18-41-19-17-39/h3-15,20-22,36H,16-19H2,1-2H3,(H,35,37)(H,38,40). The third-order valence-corrected chi connectivity index (χ3v) is 7.17. The molecule has 0 atom stereocenters. The van der Waals surface area contributed by atoms with Crippen molar-refractivity contribution in [3.8, 4) is 0 Å². The summed E-state index contributed by atoms with van der Waals surface area (Å²) in [7, 11) is 0. The van der Waals surface area contributed by atoms with Gasteiger partial charge in [-0.1, -0.05) is 12.1 Å². The Labute approximate surface area is 240 Å². The average Bonchev–Trinajstić information content (AvgIpc) is 2.99. The number of ether oxygens (including phenoxy) is 1. The van der Waals surface area contributed by atoms with Crippen LogP contribution in [0.3, 0.4) is 0 Å². The van der Waals surface area contributed by atoms with Gasteiger partial charge >= 0.3 is 0 Å². The highest BCUT2D eigenvalue weighted by Gasteiger charge is 2.14. The van der Waals surface area contributed by atoms with Crippen molar-refractivity contribution in [1.29, 1.82) is 0 Å². The van der Waals surface area contributed by atoms with Gasteiger partial charge in [-0.2, -0.15) is 0 Å². The molecule has 0 aliphatic carbocycles. The van der Waals surface area contributed by atoms with E-state index in [0.29, 0.717) is 5.56 Å². The number of rotatable bonds is 7. The van der Waals surface area contributed by atoms with Crippen LogP contribution in [0, 0.1) is 13.8 Å². The van der Waals surface area contributed by atoms with Crippen molar-refractivity contribution >= 4 is 50.9 Å². The molecule has 0 bridgehead atoms. The lowest BCUT2D eigenvalue weighted by Crippen LogP contribution is -2.36. The largest absolute Gasteiger partial charge is 0.378 e. The monoisotopic (exact) mass is 543 g/mol. The third kappa shape index (κ3) is 6.31. The van der Waals surface area contributed by atoms with Gasteiger partial charge in [0.05, 0.1) is 18.7 Å². The van der Waals surface area contributed by atoms with Crippen LogP contribution in [0.4, 0.5) is 34.1 Å². The molecule has 1 saturated heterocycles. The minimum atomic E-state index is -0.156. The number of hydrogen-bond donors (Lipinski definition) is 3. The number of carbonyl (C=O) groups is 1. The van der Waals surface area contributed by atoms with Crippen LogP contribution in [-0.2, 0) is 4.74 Å². The Morgan fingerprint density at radius 2 is 1.46 bits per heavy atom. The van der Waals surface area contributed by atoms with Crippen LogP contribution < -0.4 is 20.9 Å². The van der Waals surface area contributed by atoms with Crippen LogP contribution in [0.25, 0.3) is 10.9 Å². The Balaban J connectivity index is 1.13. The second-order valence-corrected chi connectivity index (χ2v) is 10.3. The Morgan fingerprint density at radius 1 is 0.756 bits per heavy atom. The van der Waals surface area contributed by atoms with Gasteiger partial charge in [-0.25, -0.2) is 0 Å². The first-order valence-corrected chi connectivity index (χ1v) is 13.9. The molecule has 0 saturated carbocycles. The SMILES string of the molecule is Cc1cccc(Nc2ccc(NC(=O)c3ccc(Nc4cc(C)nc5ccc(N6CCOCC6)cc45)cc3)cc2)c1. The van der Waals surface area contributed by atoms with Gasteiger partial charge in [0.25, 0.3) is 5.91 Å². The van der Waals surface area contributed by atoms with Gasteiger partial charge in [0.1, 0.15) is 0 Å². The minimum Gasteiger partial charge on any atom is -0.378 e. The lowest BCUT2D eigenvalue weighted by Gasteiger charge is -2.29. The highest BCUT2D eigenvalue weighted by molar-refractivity contribution is 6.04. The topological polar surface area (TPSA) is 78.5 Å². The molecule has 7 heteroatoms. The van der Waals surface area contributed by atoms with E-state index in [9.17, 15) is 4.79 Å². The molecule has 1 amide bonds. The second kappa shape index (κ2) is 11.7. The highest BCUT2D eigenvalue weighted by Crippen LogP contribution is 2.31. The van der Waals surface area contributed by atoms with Crippen molar-refractivity contribution in [1.82, 2.24) is 4.98 Å². The zero-order chi connectivity index (χ0) is 28.2. The summed E-state index contributed by atoms with van der Waals surface area (Å²) in [5.74, 6) is -0.156. The maximum absolute atomic E-state index is 12.9. The Hall–Kier alpha value is -4.88. The number of carbonyl (C=O) groups excluding carboxylic acids is 1. The van der Waals surface area contributed by atoms with E-state index >= 15 is 0 Å². The van der Waals surface area contributed by atoms with E-state index in [1.165, 1.54) is 11.3 Å². The lowest BCUT2D eigenvalue weighted by atomic mass is 10.1. The fourth-order valence-electron chi connectivity index (χ4n) is 5.06. The molecule has 1 aromatic heterocycles. The quantitative estimate of drug-likeness (QED) is 0.198. The van der Waals surface area contributed by atoms with Gasteiger partial charge in [0.2, 0.25) is 0 Å². The fourth-order valence-corrected chi connectivity index (χ4v) is 5.06. The number of aromatic nitrogens is 1. The molecule has 4 aromatic carbocycles. The molecule has 7 nitrogen and oxygen atoms in total. The molecule has 3 N–H and O–H groups in total. The third-order valence-electron chi connectivity index (χ3n) is 7.17. The summed E-state index contributed by atoms with van der Waals surface area (Å²) in [6.07, 6.45) is 0. The first kappa shape index (κ1) is 26.3. The van der Waals surface area contributed by atoms with E-state index in [-0.39, 0.29) is 5.91 Å². The number of benzene rings is 4. The molecule has 206 valence electrons. The number of morpholine rings is 1. The van der Waals surface area contributed by atoms with Gasteiger partial charge < -0.3 is 25.6 Å². The summed E-state index contributed by atoms with van der Waals surface area (Å²) in [6.45, 7) is 7.31. The molecule has 2 heterocycles. The van der Waals surface area contributed by atoms with Crippen molar-refractivity contribution in [2.24, 2.45) is 0 Å². The molecule has 0 radical (unpaired) electrons. The summed E-state index contributed by atoms with van der Waals surface area (Å²) >= 11 is 0. The van der Waals surface area contributed by atoms with Gasteiger partial charge in [0, 0.05) is 63.9 Å². The number of aryl methyl sites for hydroxylation is 2. The maximum atomic E-state index is 12.9. The highest BCUT2D eigenvalue weighted by atomic mass is 16.5. The lowest BCUT2D eigenvalue weighted by molar-refractivity contribution is 0.102. The van der Waals surface area contributed by atoms with E-state index in [1.807, 2.05) is 67.6 Å². The fraction of sp³-hybridized carbons (Fsp3) is 0.176. The number of nitrogens with one attached hydrogen (secondary N) is 3. The Bertz CT molecular complexity index is 1680. The van der Waals surface area contributed by atoms with Gasteiger partial charge in [-0.05, 0) is 104 Å². The van der Waals surface area contributed by atoms with Crippen molar-refractivity contribution in [2.75, 3.05) is 47.2 Å². The summed E-state index contributed by atoms with van der Waals surface area (Å²) in [5, 5.41) is 11.0. The molecule has 6 rings (SSSR count). The molecule has 1 aliphatic rings. The van der Waals surface area contributed by atoms with Crippen LogP contribution in [0.5, 0.6) is 0 Å². The predicted molar refractivity (Wildman–Crippen MR) is 168 cm³/mol. The molecule has 41 heavy (non-hydrogen) atoms. The minimum absolute atomic E-state index is 0.156. The molecule has 1 aliphatic heterocycles. The van der Waals surface area contributed by atoms with E-state index in [2.05, 4.69) is 64.2 Å². The molecule has 0 unspecified atom stereocenters. The van der Waals surface area contributed by atoms with Crippen LogP contribution in [0.15, 0.2) is 97.1 Å². The van der Waals surface area contributed by atoms with E-state index in [1.54, 1.807) is 0 Å². The normalized spacial score (nSPS) is 13.2. The molecule has 0 spiro atoms. The van der Waals surface area contributed by atoms with Crippen molar-refractivity contribution in [3.05, 3.63) is 114 Å². The summed E-state index contributed by atoms with van der Waals surface area (Å²) < 4.78 is 5.52. The van der Waals surface area contributed by atoms with E-state index in [4.69, 9.17) is 9.72 Å². The van der Waals surface area contributed by atoms with Crippen LogP contribution in [0.1, 0.15) is 21.6 Å². The number of anilines is 6. The summed E-state index contributed by atoms with van der Waals surface area (Å²) in [4.78, 5) is 20.0. The summed E-state index contributed by atoms with van der Waals surface area (Å²) in [6, 6.07) is 31.9. The maximum Gasteiger partial charge on any atom is 0.255 e. The number of fused-ring (bicyclic) bond motifs is 1. The van der Waals surface area contributed by atoms with Crippen LogP contribution in [0.2, 0.25) is 0 Å². The van der Waals surface area contributed by atoms with Crippen molar-refractivity contribution in [2.45, 2.75) is 13.8 Å². The zero-order valence-electron chi connectivity index (χ0n) is 23.3. The number of pyridine rings is 1. The summed E-state index contributed by atoms with van der Waals surface area (Å²) in [5.41, 5.74) is 9.45. The Morgan fingerprint density at radius 3 is 2.22 bits per heavy atom. The molecular weight excluding hydrogens is 510 g/mol. The number of hydrogen-bond acceptors (Lipinski definition) is 6. The zero-order valence-corrected chi connectivity index (χ0v) is 23.3. The first-order valence-electron chi connectivity index (χ1n) is 13.9. The second-order valence-electron chi connectivity index (χ2n) is 10.3. The first-order chi connectivity index (χ1) is 20.0. The smallest absolute Gasteiger partial charge is 0.255 e. The van der Waals surface area contributed by atoms with Gasteiger partial charge in [-0.15, -0.1) is 0 Å². The molecule has 5 aromatic rings. The van der Waals surface area contributed by atoms with Crippen LogP contribution >= 0.6 is 0 Å². The molecule has 1 fully saturated rings. The molecular formula is C34H33N5O2. The number of amides is 1.